The van der Waals surface area contributed by atoms with Gasteiger partial charge in [0.1, 0.15) is 0 Å². The maximum absolute atomic E-state index is 11.5. The summed E-state index contributed by atoms with van der Waals surface area (Å²) in [5.41, 5.74) is 3.71. The number of nitrogens with zero attached hydrogens (tertiary/aromatic N) is 2. The SMILES string of the molecule is CC(=O)N[C@@H]1CC[C@@]2(C)C(=CC[C@@H]3[C@@H]2CC[C@]2(C)C(n4ccnc4)=CC[C@@H]32)C1. The van der Waals surface area contributed by atoms with Gasteiger partial charge < -0.3 is 9.88 Å². The number of hydrogen-bond acceptors (Lipinski definition) is 2. The zero-order chi connectivity index (χ0) is 19.5. The number of aromatic nitrogens is 2. The van der Waals surface area contributed by atoms with Crippen molar-refractivity contribution in [2.75, 3.05) is 0 Å². The molecule has 1 aromatic heterocycles. The number of carbonyl (C=O) groups is 1. The number of hydrogen-bond donors (Lipinski definition) is 1. The van der Waals surface area contributed by atoms with E-state index in [1.165, 1.54) is 37.8 Å². The van der Waals surface area contributed by atoms with Crippen LogP contribution in [0.3, 0.4) is 0 Å². The predicted molar refractivity (Wildman–Crippen MR) is 111 cm³/mol. The van der Waals surface area contributed by atoms with Crippen molar-refractivity contribution in [2.45, 2.75) is 71.8 Å². The molecular formula is C24H33N3O. The molecule has 0 unspecified atom stereocenters. The van der Waals surface area contributed by atoms with Gasteiger partial charge >= 0.3 is 0 Å². The zero-order valence-corrected chi connectivity index (χ0v) is 17.4. The van der Waals surface area contributed by atoms with Crippen molar-refractivity contribution in [2.24, 2.45) is 28.6 Å². The van der Waals surface area contributed by atoms with Crippen LogP contribution < -0.4 is 5.32 Å². The van der Waals surface area contributed by atoms with E-state index in [1.807, 2.05) is 12.5 Å². The summed E-state index contributed by atoms with van der Waals surface area (Å²) >= 11 is 0. The van der Waals surface area contributed by atoms with E-state index in [2.05, 4.69) is 47.1 Å². The average molecular weight is 380 g/mol. The molecule has 1 aromatic rings. The largest absolute Gasteiger partial charge is 0.353 e. The van der Waals surface area contributed by atoms with Gasteiger partial charge in [0.15, 0.2) is 0 Å². The van der Waals surface area contributed by atoms with Crippen LogP contribution in [0.15, 0.2) is 36.4 Å². The van der Waals surface area contributed by atoms with E-state index in [0.717, 1.165) is 30.6 Å². The van der Waals surface area contributed by atoms with Crippen molar-refractivity contribution in [1.29, 1.82) is 0 Å². The maximum atomic E-state index is 11.5. The minimum atomic E-state index is 0.111. The summed E-state index contributed by atoms with van der Waals surface area (Å²) in [6.45, 7) is 6.68. The Kier molecular flexibility index (Phi) is 4.12. The van der Waals surface area contributed by atoms with Crippen LogP contribution in [0, 0.1) is 28.6 Å². The van der Waals surface area contributed by atoms with Gasteiger partial charge in [-0.3, -0.25) is 4.79 Å². The fourth-order valence-corrected chi connectivity index (χ4v) is 7.42. The molecule has 4 aliphatic carbocycles. The molecule has 150 valence electrons. The van der Waals surface area contributed by atoms with Gasteiger partial charge in [0, 0.05) is 36.5 Å². The number of fused-ring (bicyclic) bond motifs is 5. The molecule has 4 aliphatic rings. The Balaban J connectivity index is 1.41. The van der Waals surface area contributed by atoms with Gasteiger partial charge in [-0.15, -0.1) is 0 Å². The monoisotopic (exact) mass is 379 g/mol. The standard InChI is InChI=1S/C24H33N3O/c1-16(28)26-18-8-10-23(2)17(14-18)4-5-19-20-6-7-22(27-13-12-25-15-27)24(20,3)11-9-21(19)23/h4,7,12-13,15,18-21H,5-6,8-11,14H2,1-3H3,(H,26,28)/t18-,19+,20+,21+,23+,24+/m1/s1. The van der Waals surface area contributed by atoms with E-state index in [4.69, 9.17) is 0 Å². The number of imidazole rings is 1. The van der Waals surface area contributed by atoms with Gasteiger partial charge in [0.25, 0.3) is 0 Å². The van der Waals surface area contributed by atoms with Gasteiger partial charge in [-0.1, -0.05) is 31.6 Å². The first-order valence-electron chi connectivity index (χ1n) is 11.1. The second-order valence-electron chi connectivity index (χ2n) is 10.2. The summed E-state index contributed by atoms with van der Waals surface area (Å²) in [6, 6.07) is 0.336. The average Bonchev–Trinajstić information content (AvgIpc) is 3.28. The molecule has 6 atom stereocenters. The lowest BCUT2D eigenvalue weighted by Gasteiger charge is -2.58. The third-order valence-corrected chi connectivity index (χ3v) is 8.83. The number of carbonyl (C=O) groups excluding carboxylic acids is 1. The molecule has 1 N–H and O–H groups in total. The lowest BCUT2D eigenvalue weighted by atomic mass is 9.47. The number of allylic oxidation sites excluding steroid dienone is 3. The zero-order valence-electron chi connectivity index (χ0n) is 17.4. The normalized spacial score (nSPS) is 42.0. The Hall–Kier alpha value is -1.84. The molecular weight excluding hydrogens is 346 g/mol. The summed E-state index contributed by atoms with van der Waals surface area (Å²) in [7, 11) is 0. The van der Waals surface area contributed by atoms with Crippen molar-refractivity contribution in [3.05, 3.63) is 36.4 Å². The summed E-state index contributed by atoms with van der Waals surface area (Å²) in [5.74, 6) is 2.42. The molecule has 0 radical (unpaired) electrons. The predicted octanol–water partition coefficient (Wildman–Crippen LogP) is 4.80. The lowest BCUT2D eigenvalue weighted by Crippen LogP contribution is -2.51. The molecule has 4 heteroatoms. The smallest absolute Gasteiger partial charge is 0.217 e. The Morgan fingerprint density at radius 1 is 1.14 bits per heavy atom. The summed E-state index contributed by atoms with van der Waals surface area (Å²) in [5, 5.41) is 3.17. The fourth-order valence-electron chi connectivity index (χ4n) is 7.42. The highest BCUT2D eigenvalue weighted by molar-refractivity contribution is 5.73. The van der Waals surface area contributed by atoms with E-state index in [9.17, 15) is 4.79 Å². The molecule has 0 bridgehead atoms. The van der Waals surface area contributed by atoms with Crippen molar-refractivity contribution >= 4 is 11.6 Å². The molecule has 4 nitrogen and oxygen atoms in total. The topological polar surface area (TPSA) is 46.9 Å². The van der Waals surface area contributed by atoms with Gasteiger partial charge in [-0.2, -0.15) is 0 Å². The Bertz CT molecular complexity index is 838. The molecule has 1 amide bonds. The third kappa shape index (κ3) is 2.56. The first-order chi connectivity index (χ1) is 13.4. The van der Waals surface area contributed by atoms with E-state index < -0.39 is 0 Å². The van der Waals surface area contributed by atoms with Crippen LogP contribution in [0.5, 0.6) is 0 Å². The van der Waals surface area contributed by atoms with Crippen LogP contribution in [0.25, 0.3) is 5.70 Å². The third-order valence-electron chi connectivity index (χ3n) is 8.83. The highest BCUT2D eigenvalue weighted by Crippen LogP contribution is 2.65. The number of rotatable bonds is 2. The first kappa shape index (κ1) is 18.2. The Morgan fingerprint density at radius 3 is 2.71 bits per heavy atom. The second-order valence-corrected chi connectivity index (χ2v) is 10.2. The molecule has 1 heterocycles. The molecule has 5 rings (SSSR count). The number of nitrogens with one attached hydrogen (secondary N) is 1. The molecule has 2 saturated carbocycles. The van der Waals surface area contributed by atoms with Gasteiger partial charge in [0.05, 0.1) is 6.33 Å². The molecule has 0 aromatic carbocycles. The first-order valence-corrected chi connectivity index (χ1v) is 11.1. The van der Waals surface area contributed by atoms with Crippen molar-refractivity contribution in [3.8, 4) is 0 Å². The second kappa shape index (κ2) is 6.33. The van der Waals surface area contributed by atoms with Gasteiger partial charge in [0.2, 0.25) is 5.91 Å². The van der Waals surface area contributed by atoms with E-state index in [1.54, 1.807) is 12.5 Å². The fraction of sp³-hybridized carbons (Fsp3) is 0.667. The minimum Gasteiger partial charge on any atom is -0.353 e. The summed E-state index contributed by atoms with van der Waals surface area (Å²) < 4.78 is 2.25. The molecule has 2 fully saturated rings. The quantitative estimate of drug-likeness (QED) is 0.750. The van der Waals surface area contributed by atoms with Crippen LogP contribution in [-0.2, 0) is 4.79 Å². The molecule has 28 heavy (non-hydrogen) atoms. The van der Waals surface area contributed by atoms with Crippen LogP contribution >= 0.6 is 0 Å². The van der Waals surface area contributed by atoms with Gasteiger partial charge in [-0.05, 0) is 68.1 Å². The lowest BCUT2D eigenvalue weighted by molar-refractivity contribution is -0.120. The maximum Gasteiger partial charge on any atom is 0.217 e. The van der Waals surface area contributed by atoms with Crippen molar-refractivity contribution < 1.29 is 4.79 Å². The van der Waals surface area contributed by atoms with Crippen molar-refractivity contribution in [3.63, 3.8) is 0 Å². The van der Waals surface area contributed by atoms with Crippen LogP contribution in [-0.4, -0.2) is 21.5 Å². The molecule has 0 saturated heterocycles. The Morgan fingerprint density at radius 2 is 1.96 bits per heavy atom. The van der Waals surface area contributed by atoms with E-state index in [-0.39, 0.29) is 11.3 Å². The number of amides is 1. The molecule has 0 spiro atoms. The van der Waals surface area contributed by atoms with E-state index in [0.29, 0.717) is 11.5 Å². The van der Waals surface area contributed by atoms with Crippen LogP contribution in [0.1, 0.15) is 65.7 Å². The highest BCUT2D eigenvalue weighted by Gasteiger charge is 2.57. The van der Waals surface area contributed by atoms with Crippen LogP contribution in [0.4, 0.5) is 0 Å². The van der Waals surface area contributed by atoms with Crippen LogP contribution in [0.2, 0.25) is 0 Å². The van der Waals surface area contributed by atoms with Crippen molar-refractivity contribution in [1.82, 2.24) is 14.9 Å². The van der Waals surface area contributed by atoms with E-state index >= 15 is 0 Å². The summed E-state index contributed by atoms with van der Waals surface area (Å²) in [4.78, 5) is 15.8. The van der Waals surface area contributed by atoms with Gasteiger partial charge in [-0.25, -0.2) is 4.98 Å². The minimum absolute atomic E-state index is 0.111. The molecule has 0 aliphatic heterocycles. The highest BCUT2D eigenvalue weighted by atomic mass is 16.1. The Labute approximate surface area is 168 Å². The summed E-state index contributed by atoms with van der Waals surface area (Å²) in [6.07, 6.45) is 19.4.